The predicted octanol–water partition coefficient (Wildman–Crippen LogP) is 5.23. The summed E-state index contributed by atoms with van der Waals surface area (Å²) in [6.45, 7) is 4.08. The molecule has 0 unspecified atom stereocenters. The second-order valence-electron chi connectivity index (χ2n) is 8.11. The Labute approximate surface area is 198 Å². The van der Waals surface area contributed by atoms with Crippen LogP contribution in [0.5, 0.6) is 0 Å². The highest BCUT2D eigenvalue weighted by molar-refractivity contribution is 7.89. The summed E-state index contributed by atoms with van der Waals surface area (Å²) >= 11 is 6.25. The van der Waals surface area contributed by atoms with Crippen molar-refractivity contribution in [3.8, 4) is 0 Å². The van der Waals surface area contributed by atoms with Crippen molar-refractivity contribution in [1.82, 2.24) is 9.29 Å². The SMILES string of the molecule is Cc1ccccc1CCN(Cc1cc2cccc(C)c2[nH]c1=O)S(=O)(=O)c1ccccc1Cl. The van der Waals surface area contributed by atoms with Crippen LogP contribution in [0.15, 0.2) is 82.5 Å². The summed E-state index contributed by atoms with van der Waals surface area (Å²) < 4.78 is 28.6. The maximum atomic E-state index is 13.6. The van der Waals surface area contributed by atoms with E-state index in [0.29, 0.717) is 12.0 Å². The summed E-state index contributed by atoms with van der Waals surface area (Å²) in [6.07, 6.45) is 0.515. The van der Waals surface area contributed by atoms with Gasteiger partial charge in [0.05, 0.1) is 10.5 Å². The van der Waals surface area contributed by atoms with Crippen molar-refractivity contribution in [2.24, 2.45) is 0 Å². The van der Waals surface area contributed by atoms with Crippen molar-refractivity contribution >= 4 is 32.5 Å². The molecule has 0 aliphatic heterocycles. The maximum Gasteiger partial charge on any atom is 0.252 e. The molecular weight excluding hydrogens is 456 g/mol. The molecule has 4 aromatic rings. The molecule has 5 nitrogen and oxygen atoms in total. The lowest BCUT2D eigenvalue weighted by Gasteiger charge is -2.23. The quantitative estimate of drug-likeness (QED) is 0.393. The number of nitrogens with one attached hydrogen (secondary N) is 1. The Morgan fingerprint density at radius 1 is 0.879 bits per heavy atom. The highest BCUT2D eigenvalue weighted by Crippen LogP contribution is 2.26. The van der Waals surface area contributed by atoms with Gasteiger partial charge < -0.3 is 4.98 Å². The normalized spacial score (nSPS) is 11.9. The van der Waals surface area contributed by atoms with Gasteiger partial charge in [0, 0.05) is 18.7 Å². The first-order valence-electron chi connectivity index (χ1n) is 10.7. The van der Waals surface area contributed by atoms with Crippen LogP contribution in [0.25, 0.3) is 10.9 Å². The van der Waals surface area contributed by atoms with Crippen molar-refractivity contribution in [3.63, 3.8) is 0 Å². The van der Waals surface area contributed by atoms with Gasteiger partial charge in [0.15, 0.2) is 0 Å². The first-order chi connectivity index (χ1) is 15.8. The molecule has 4 rings (SSSR count). The minimum atomic E-state index is -3.94. The summed E-state index contributed by atoms with van der Waals surface area (Å²) in [7, 11) is -3.94. The molecule has 0 atom stereocenters. The fourth-order valence-electron chi connectivity index (χ4n) is 3.95. The van der Waals surface area contributed by atoms with Crippen molar-refractivity contribution in [3.05, 3.63) is 110 Å². The van der Waals surface area contributed by atoms with Crippen LogP contribution in [0.1, 0.15) is 22.3 Å². The zero-order chi connectivity index (χ0) is 23.6. The molecule has 1 N–H and O–H groups in total. The third kappa shape index (κ3) is 4.88. The van der Waals surface area contributed by atoms with E-state index in [4.69, 9.17) is 11.6 Å². The first-order valence-corrected chi connectivity index (χ1v) is 12.5. The molecule has 170 valence electrons. The second kappa shape index (κ2) is 9.51. The molecule has 7 heteroatoms. The number of aryl methyl sites for hydroxylation is 2. The van der Waals surface area contributed by atoms with Gasteiger partial charge >= 0.3 is 0 Å². The molecule has 3 aromatic carbocycles. The third-order valence-corrected chi connectivity index (χ3v) is 8.20. The number of aromatic nitrogens is 1. The number of fused-ring (bicyclic) bond motifs is 1. The summed E-state index contributed by atoms with van der Waals surface area (Å²) in [6, 6.07) is 21.8. The number of pyridine rings is 1. The largest absolute Gasteiger partial charge is 0.321 e. The Hall–Kier alpha value is -2.93. The zero-order valence-electron chi connectivity index (χ0n) is 18.5. The zero-order valence-corrected chi connectivity index (χ0v) is 20.1. The van der Waals surface area contributed by atoms with Crippen LogP contribution in [0.2, 0.25) is 5.02 Å². The molecule has 0 aliphatic rings. The Bertz CT molecular complexity index is 1480. The number of aromatic amines is 1. The van der Waals surface area contributed by atoms with Crippen molar-refractivity contribution in [2.75, 3.05) is 6.54 Å². The monoisotopic (exact) mass is 480 g/mol. The van der Waals surface area contributed by atoms with Crippen LogP contribution in [-0.4, -0.2) is 24.3 Å². The number of halogens is 1. The lowest BCUT2D eigenvalue weighted by atomic mass is 10.1. The average Bonchev–Trinajstić information content (AvgIpc) is 2.78. The molecule has 1 aromatic heterocycles. The number of nitrogens with zero attached hydrogens (tertiary/aromatic N) is 1. The van der Waals surface area contributed by atoms with E-state index in [1.807, 2.05) is 56.3 Å². The van der Waals surface area contributed by atoms with Crippen LogP contribution in [-0.2, 0) is 23.0 Å². The lowest BCUT2D eigenvalue weighted by molar-refractivity contribution is 0.408. The number of rotatable bonds is 7. The van der Waals surface area contributed by atoms with Gasteiger partial charge in [0.2, 0.25) is 10.0 Å². The number of hydrogen-bond donors (Lipinski definition) is 1. The fourth-order valence-corrected chi connectivity index (χ4v) is 5.86. The number of sulfonamides is 1. The molecule has 0 aliphatic carbocycles. The molecule has 0 amide bonds. The molecule has 0 radical (unpaired) electrons. The van der Waals surface area contributed by atoms with Gasteiger partial charge in [-0.25, -0.2) is 8.42 Å². The van der Waals surface area contributed by atoms with Crippen molar-refractivity contribution < 1.29 is 8.42 Å². The van der Waals surface area contributed by atoms with Crippen LogP contribution < -0.4 is 5.56 Å². The maximum absolute atomic E-state index is 13.6. The minimum Gasteiger partial charge on any atom is -0.321 e. The van der Waals surface area contributed by atoms with E-state index in [9.17, 15) is 13.2 Å². The number of benzene rings is 3. The smallest absolute Gasteiger partial charge is 0.252 e. The highest BCUT2D eigenvalue weighted by atomic mass is 35.5. The second-order valence-corrected chi connectivity index (χ2v) is 10.4. The molecule has 0 spiro atoms. The third-order valence-electron chi connectivity index (χ3n) is 5.86. The molecule has 1 heterocycles. The number of hydrogen-bond acceptors (Lipinski definition) is 3. The van der Waals surface area contributed by atoms with E-state index in [-0.39, 0.29) is 28.6 Å². The van der Waals surface area contributed by atoms with Gasteiger partial charge in [-0.1, -0.05) is 66.2 Å². The van der Waals surface area contributed by atoms with Gasteiger partial charge in [-0.15, -0.1) is 0 Å². The molecule has 33 heavy (non-hydrogen) atoms. The molecular formula is C26H25ClN2O3S. The van der Waals surface area contributed by atoms with Crippen molar-refractivity contribution in [2.45, 2.75) is 31.7 Å². The van der Waals surface area contributed by atoms with Crippen molar-refractivity contribution in [1.29, 1.82) is 0 Å². The Kier molecular flexibility index (Phi) is 6.70. The highest BCUT2D eigenvalue weighted by Gasteiger charge is 2.27. The number of para-hydroxylation sites is 1. The van der Waals surface area contributed by atoms with E-state index in [1.165, 1.54) is 10.4 Å². The van der Waals surface area contributed by atoms with E-state index < -0.39 is 10.0 Å². The van der Waals surface area contributed by atoms with Gasteiger partial charge in [-0.2, -0.15) is 4.31 Å². The molecule has 0 saturated heterocycles. The standard InChI is InChI=1S/C26H25ClN2O3S/c1-18-8-3-4-10-20(18)14-15-29(33(31,32)24-13-6-5-12-23(24)27)17-22-16-21-11-7-9-19(2)25(21)28-26(22)30/h3-13,16H,14-15,17H2,1-2H3,(H,28,30). The van der Waals surface area contributed by atoms with E-state index in [1.54, 1.807) is 24.3 Å². The summed E-state index contributed by atoms with van der Waals surface area (Å²) in [5, 5.41) is 1.01. The molecule has 0 saturated carbocycles. The van der Waals surface area contributed by atoms with Gasteiger partial charge in [-0.3, -0.25) is 4.79 Å². The molecule has 0 fully saturated rings. The summed E-state index contributed by atoms with van der Waals surface area (Å²) in [5.41, 5.74) is 3.94. The van der Waals surface area contributed by atoms with Crippen LogP contribution >= 0.6 is 11.6 Å². The van der Waals surface area contributed by atoms with Crippen LogP contribution in [0.3, 0.4) is 0 Å². The Morgan fingerprint density at radius 2 is 1.58 bits per heavy atom. The van der Waals surface area contributed by atoms with E-state index in [2.05, 4.69) is 4.98 Å². The lowest BCUT2D eigenvalue weighted by Crippen LogP contribution is -2.34. The van der Waals surface area contributed by atoms with Gasteiger partial charge in [-0.05, 0) is 60.5 Å². The predicted molar refractivity (Wildman–Crippen MR) is 133 cm³/mol. The Balaban J connectivity index is 1.75. The average molecular weight is 481 g/mol. The van der Waals surface area contributed by atoms with Crippen LogP contribution in [0.4, 0.5) is 0 Å². The topological polar surface area (TPSA) is 70.2 Å². The van der Waals surface area contributed by atoms with E-state index >= 15 is 0 Å². The van der Waals surface area contributed by atoms with Crippen LogP contribution in [0, 0.1) is 13.8 Å². The molecule has 0 bridgehead atoms. The minimum absolute atomic E-state index is 0.0320. The number of H-pyrrole nitrogens is 1. The fraction of sp³-hybridized carbons (Fsp3) is 0.192. The van der Waals surface area contributed by atoms with E-state index in [0.717, 1.165) is 27.6 Å². The van der Waals surface area contributed by atoms with Gasteiger partial charge in [0.25, 0.3) is 5.56 Å². The summed E-state index contributed by atoms with van der Waals surface area (Å²) in [5.74, 6) is 0. The first kappa shape index (κ1) is 23.2. The summed E-state index contributed by atoms with van der Waals surface area (Å²) in [4.78, 5) is 15.8. The van der Waals surface area contributed by atoms with Gasteiger partial charge in [0.1, 0.15) is 4.90 Å². The Morgan fingerprint density at radius 3 is 2.33 bits per heavy atom.